The fraction of sp³-hybridized carbons (Fsp3) is 0.579. The maximum atomic E-state index is 12.1. The predicted molar refractivity (Wildman–Crippen MR) is 96.8 cm³/mol. The highest BCUT2D eigenvalue weighted by molar-refractivity contribution is 5.90. The van der Waals surface area contributed by atoms with Crippen molar-refractivity contribution in [2.24, 2.45) is 5.92 Å². The fourth-order valence-electron chi connectivity index (χ4n) is 2.70. The number of rotatable bonds is 4. The van der Waals surface area contributed by atoms with Crippen LogP contribution in [0.1, 0.15) is 40.5 Å². The Morgan fingerprint density at radius 3 is 2.44 bits per heavy atom. The predicted octanol–water partition coefficient (Wildman–Crippen LogP) is 3.67. The van der Waals surface area contributed by atoms with Crippen molar-refractivity contribution in [3.63, 3.8) is 0 Å². The molecule has 1 N–H and O–H groups in total. The molecule has 1 aromatic rings. The Labute approximate surface area is 149 Å². The van der Waals surface area contributed by atoms with E-state index in [2.05, 4.69) is 5.32 Å². The number of para-hydroxylation sites is 2. The number of benzene rings is 1. The van der Waals surface area contributed by atoms with E-state index in [4.69, 9.17) is 9.47 Å². The Balaban J connectivity index is 1.81. The standard InChI is InChI=1S/C19H28N2O4/c1-14(22)20-16-7-5-6-8-17(16)24-13-15-9-11-21(12-10-15)18(23)25-19(2,3)4/h5-8,15H,9-13H2,1-4H3,(H,20,22). The van der Waals surface area contributed by atoms with E-state index in [1.807, 2.05) is 45.0 Å². The Hall–Kier alpha value is -2.24. The van der Waals surface area contributed by atoms with Crippen molar-refractivity contribution >= 4 is 17.7 Å². The van der Waals surface area contributed by atoms with E-state index in [0.29, 0.717) is 37.1 Å². The van der Waals surface area contributed by atoms with Crippen LogP contribution in [0, 0.1) is 5.92 Å². The Morgan fingerprint density at radius 1 is 1.20 bits per heavy atom. The minimum absolute atomic E-state index is 0.123. The van der Waals surface area contributed by atoms with E-state index in [1.54, 1.807) is 4.90 Å². The molecule has 0 radical (unpaired) electrons. The number of hydrogen-bond acceptors (Lipinski definition) is 4. The van der Waals surface area contributed by atoms with Gasteiger partial charge >= 0.3 is 6.09 Å². The van der Waals surface area contributed by atoms with Crippen LogP contribution >= 0.6 is 0 Å². The molecule has 1 saturated heterocycles. The van der Waals surface area contributed by atoms with E-state index in [-0.39, 0.29) is 12.0 Å². The van der Waals surface area contributed by atoms with E-state index in [9.17, 15) is 9.59 Å². The van der Waals surface area contributed by atoms with Crippen molar-refractivity contribution in [3.05, 3.63) is 24.3 Å². The molecule has 0 atom stereocenters. The number of anilines is 1. The fourth-order valence-corrected chi connectivity index (χ4v) is 2.70. The number of amides is 2. The minimum Gasteiger partial charge on any atom is -0.491 e. The van der Waals surface area contributed by atoms with Crippen LogP contribution in [0.2, 0.25) is 0 Å². The van der Waals surface area contributed by atoms with Crippen molar-refractivity contribution in [1.82, 2.24) is 4.90 Å². The molecule has 0 saturated carbocycles. The van der Waals surface area contributed by atoms with Crippen molar-refractivity contribution in [3.8, 4) is 5.75 Å². The Morgan fingerprint density at radius 2 is 1.84 bits per heavy atom. The molecule has 0 bridgehead atoms. The van der Waals surface area contributed by atoms with Crippen molar-refractivity contribution in [2.45, 2.75) is 46.1 Å². The SMILES string of the molecule is CC(=O)Nc1ccccc1OCC1CCN(C(=O)OC(C)(C)C)CC1. The lowest BCUT2D eigenvalue weighted by molar-refractivity contribution is -0.114. The van der Waals surface area contributed by atoms with Crippen LogP contribution in [0.15, 0.2) is 24.3 Å². The largest absolute Gasteiger partial charge is 0.491 e. The lowest BCUT2D eigenvalue weighted by Gasteiger charge is -2.33. The molecule has 2 rings (SSSR count). The first-order valence-electron chi connectivity index (χ1n) is 8.72. The average Bonchev–Trinajstić information content (AvgIpc) is 2.52. The molecule has 0 spiro atoms. The third kappa shape index (κ3) is 6.29. The van der Waals surface area contributed by atoms with E-state index in [0.717, 1.165) is 12.8 Å². The second-order valence-corrected chi connectivity index (χ2v) is 7.40. The molecule has 0 aliphatic carbocycles. The molecule has 6 heteroatoms. The van der Waals surface area contributed by atoms with Gasteiger partial charge in [0.05, 0.1) is 12.3 Å². The van der Waals surface area contributed by atoms with Gasteiger partial charge in [0.2, 0.25) is 5.91 Å². The van der Waals surface area contributed by atoms with Gasteiger partial charge in [0.1, 0.15) is 11.4 Å². The van der Waals surface area contributed by atoms with Crippen molar-refractivity contribution in [1.29, 1.82) is 0 Å². The summed E-state index contributed by atoms with van der Waals surface area (Å²) in [5.41, 5.74) is 0.214. The summed E-state index contributed by atoms with van der Waals surface area (Å²) in [5.74, 6) is 0.929. The highest BCUT2D eigenvalue weighted by Crippen LogP contribution is 2.26. The Bertz CT molecular complexity index is 602. The number of hydrogen-bond donors (Lipinski definition) is 1. The van der Waals surface area contributed by atoms with Gasteiger partial charge in [-0.15, -0.1) is 0 Å². The van der Waals surface area contributed by atoms with Crippen LogP contribution < -0.4 is 10.1 Å². The molecule has 6 nitrogen and oxygen atoms in total. The minimum atomic E-state index is -0.468. The van der Waals surface area contributed by atoms with Crippen molar-refractivity contribution in [2.75, 3.05) is 25.0 Å². The van der Waals surface area contributed by atoms with Gasteiger partial charge in [0.15, 0.2) is 0 Å². The van der Waals surface area contributed by atoms with Crippen LogP contribution in [0.4, 0.5) is 10.5 Å². The molecule has 0 unspecified atom stereocenters. The third-order valence-electron chi connectivity index (χ3n) is 3.94. The summed E-state index contributed by atoms with van der Waals surface area (Å²) in [4.78, 5) is 25.1. The summed E-state index contributed by atoms with van der Waals surface area (Å²) in [6.45, 7) is 9.02. The van der Waals surface area contributed by atoms with Gasteiger partial charge in [-0.25, -0.2) is 4.79 Å². The summed E-state index contributed by atoms with van der Waals surface area (Å²) >= 11 is 0. The normalized spacial score (nSPS) is 15.6. The molecule has 0 aromatic heterocycles. The van der Waals surface area contributed by atoms with Crippen LogP contribution in [0.3, 0.4) is 0 Å². The maximum Gasteiger partial charge on any atom is 0.410 e. The lowest BCUT2D eigenvalue weighted by Crippen LogP contribution is -2.42. The van der Waals surface area contributed by atoms with Gasteiger partial charge in [-0.3, -0.25) is 4.79 Å². The zero-order chi connectivity index (χ0) is 18.4. The smallest absolute Gasteiger partial charge is 0.410 e. The van der Waals surface area contributed by atoms with Gasteiger partial charge in [0, 0.05) is 20.0 Å². The molecule has 1 aromatic carbocycles. The van der Waals surface area contributed by atoms with Crippen LogP contribution in [0.25, 0.3) is 0 Å². The van der Waals surface area contributed by atoms with E-state index in [1.165, 1.54) is 6.92 Å². The quantitative estimate of drug-likeness (QED) is 0.901. The van der Waals surface area contributed by atoms with Crippen LogP contribution in [-0.4, -0.2) is 42.2 Å². The highest BCUT2D eigenvalue weighted by atomic mass is 16.6. The highest BCUT2D eigenvalue weighted by Gasteiger charge is 2.27. The third-order valence-corrected chi connectivity index (χ3v) is 3.94. The van der Waals surface area contributed by atoms with Gasteiger partial charge < -0.3 is 19.7 Å². The number of ether oxygens (including phenoxy) is 2. The van der Waals surface area contributed by atoms with E-state index < -0.39 is 5.60 Å². The molecule has 1 aliphatic rings. The molecule has 1 heterocycles. The van der Waals surface area contributed by atoms with Gasteiger partial charge in [-0.1, -0.05) is 12.1 Å². The zero-order valence-corrected chi connectivity index (χ0v) is 15.5. The second kappa shape index (κ2) is 8.23. The number of carbonyl (C=O) groups is 2. The monoisotopic (exact) mass is 348 g/mol. The molecule has 25 heavy (non-hydrogen) atoms. The lowest BCUT2D eigenvalue weighted by atomic mass is 9.98. The summed E-state index contributed by atoms with van der Waals surface area (Å²) < 4.78 is 11.3. The molecule has 1 aliphatic heterocycles. The Kier molecular flexibility index (Phi) is 6.28. The van der Waals surface area contributed by atoms with Crippen molar-refractivity contribution < 1.29 is 19.1 Å². The summed E-state index contributed by atoms with van der Waals surface area (Å²) in [6, 6.07) is 7.41. The van der Waals surface area contributed by atoms with Gasteiger partial charge in [-0.05, 0) is 51.7 Å². The number of nitrogens with zero attached hydrogens (tertiary/aromatic N) is 1. The number of carbonyl (C=O) groups excluding carboxylic acids is 2. The number of nitrogens with one attached hydrogen (secondary N) is 1. The average molecular weight is 348 g/mol. The number of piperidine rings is 1. The summed E-state index contributed by atoms with van der Waals surface area (Å²) in [5, 5.41) is 2.77. The number of likely N-dealkylation sites (tertiary alicyclic amines) is 1. The maximum absolute atomic E-state index is 12.1. The molecule has 2 amide bonds. The van der Waals surface area contributed by atoms with Crippen LogP contribution in [-0.2, 0) is 9.53 Å². The first-order chi connectivity index (χ1) is 11.7. The molecular formula is C19H28N2O4. The zero-order valence-electron chi connectivity index (χ0n) is 15.5. The summed E-state index contributed by atoms with van der Waals surface area (Å²) in [7, 11) is 0. The van der Waals surface area contributed by atoms with Gasteiger partial charge in [0.25, 0.3) is 0 Å². The van der Waals surface area contributed by atoms with E-state index >= 15 is 0 Å². The van der Waals surface area contributed by atoms with Gasteiger partial charge in [-0.2, -0.15) is 0 Å². The topological polar surface area (TPSA) is 67.9 Å². The first kappa shape index (κ1) is 19.1. The molecule has 1 fully saturated rings. The first-order valence-corrected chi connectivity index (χ1v) is 8.72. The van der Waals surface area contributed by atoms with Crippen LogP contribution in [0.5, 0.6) is 5.75 Å². The molecule has 138 valence electrons. The second-order valence-electron chi connectivity index (χ2n) is 7.40. The molecular weight excluding hydrogens is 320 g/mol. The summed E-state index contributed by atoms with van der Waals surface area (Å²) in [6.07, 6.45) is 1.51.